The van der Waals surface area contributed by atoms with Crippen LogP contribution in [0.3, 0.4) is 0 Å². The Morgan fingerprint density at radius 1 is 1.11 bits per heavy atom. The Hall–Kier alpha value is -1.69. The lowest BCUT2D eigenvalue weighted by Gasteiger charge is -2.35. The van der Waals surface area contributed by atoms with E-state index < -0.39 is 0 Å². The summed E-state index contributed by atoms with van der Waals surface area (Å²) in [6.07, 6.45) is 6.47. The van der Waals surface area contributed by atoms with Gasteiger partial charge in [-0.1, -0.05) is 20.3 Å². The number of piperidine rings is 1. The summed E-state index contributed by atoms with van der Waals surface area (Å²) in [5.41, 5.74) is 1.04. The highest BCUT2D eigenvalue weighted by molar-refractivity contribution is 5.78. The first-order valence-electron chi connectivity index (χ1n) is 11.1. The molecular weight excluding hydrogens is 352 g/mol. The number of carbonyl (C=O) groups excluding carboxylic acids is 1. The van der Waals surface area contributed by atoms with E-state index in [-0.39, 0.29) is 17.4 Å². The fourth-order valence-electron chi connectivity index (χ4n) is 5.32. The van der Waals surface area contributed by atoms with Crippen molar-refractivity contribution in [3.63, 3.8) is 0 Å². The van der Waals surface area contributed by atoms with Gasteiger partial charge in [0.15, 0.2) is 0 Å². The largest absolute Gasteiger partial charge is 0.341 e. The predicted molar refractivity (Wildman–Crippen MR) is 109 cm³/mol. The Labute approximate surface area is 167 Å². The third kappa shape index (κ3) is 4.32. The third-order valence-corrected chi connectivity index (χ3v) is 6.66. The van der Waals surface area contributed by atoms with Crippen LogP contribution in [0.15, 0.2) is 10.9 Å². The fraction of sp³-hybridized carbons (Fsp3) is 0.773. The van der Waals surface area contributed by atoms with E-state index in [1.54, 1.807) is 6.07 Å². The van der Waals surface area contributed by atoms with Crippen LogP contribution >= 0.6 is 0 Å². The van der Waals surface area contributed by atoms with Gasteiger partial charge in [0.2, 0.25) is 5.91 Å². The van der Waals surface area contributed by atoms with E-state index in [0.29, 0.717) is 18.4 Å². The Kier molecular flexibility index (Phi) is 5.85. The number of aryl methyl sites for hydroxylation is 1. The number of rotatable bonds is 3. The molecule has 1 aromatic rings. The van der Waals surface area contributed by atoms with Gasteiger partial charge in [-0.15, -0.1) is 0 Å². The van der Waals surface area contributed by atoms with Gasteiger partial charge in [-0.2, -0.15) is 0 Å². The second-order valence-electron chi connectivity index (χ2n) is 9.36. The van der Waals surface area contributed by atoms with Crippen LogP contribution in [0.1, 0.15) is 63.4 Å². The van der Waals surface area contributed by atoms with E-state index in [1.165, 1.54) is 12.8 Å². The molecule has 0 unspecified atom stereocenters. The van der Waals surface area contributed by atoms with E-state index >= 15 is 0 Å². The molecule has 28 heavy (non-hydrogen) atoms. The number of fused-ring (bicyclic) bond motifs is 1. The highest BCUT2D eigenvalue weighted by Crippen LogP contribution is 2.27. The first kappa shape index (κ1) is 19.6. The Bertz CT molecular complexity index is 764. The van der Waals surface area contributed by atoms with Crippen LogP contribution in [-0.2, 0) is 17.8 Å². The van der Waals surface area contributed by atoms with Crippen LogP contribution in [-0.4, -0.2) is 58.0 Å². The highest BCUT2D eigenvalue weighted by Gasteiger charge is 2.31. The summed E-state index contributed by atoms with van der Waals surface area (Å²) in [6.45, 7) is 9.32. The lowest BCUT2D eigenvalue weighted by atomic mass is 9.92. The van der Waals surface area contributed by atoms with Crippen molar-refractivity contribution in [1.82, 2.24) is 19.4 Å². The lowest BCUT2D eigenvalue weighted by Crippen LogP contribution is -2.46. The molecule has 2 saturated heterocycles. The maximum Gasteiger partial charge on any atom is 0.253 e. The number of likely N-dealkylation sites (tertiary alicyclic amines) is 2. The topological polar surface area (TPSA) is 58.4 Å². The molecule has 4 rings (SSSR count). The third-order valence-electron chi connectivity index (χ3n) is 6.66. The summed E-state index contributed by atoms with van der Waals surface area (Å²) >= 11 is 0. The molecule has 0 aliphatic carbocycles. The van der Waals surface area contributed by atoms with Crippen molar-refractivity contribution in [1.29, 1.82) is 0 Å². The van der Waals surface area contributed by atoms with Gasteiger partial charge in [0, 0.05) is 44.6 Å². The minimum Gasteiger partial charge on any atom is -0.341 e. The van der Waals surface area contributed by atoms with Gasteiger partial charge in [-0.05, 0) is 44.1 Å². The summed E-state index contributed by atoms with van der Waals surface area (Å²) in [5.74, 6) is 2.68. The summed E-state index contributed by atoms with van der Waals surface area (Å²) < 4.78 is 1.87. The second kappa shape index (κ2) is 8.36. The number of hydrogen-bond donors (Lipinski definition) is 0. The summed E-state index contributed by atoms with van der Waals surface area (Å²) in [7, 11) is 0. The Morgan fingerprint density at radius 3 is 2.68 bits per heavy atom. The standard InChI is InChI=1S/C22H34N4O2/c1-16-10-17(2)13-25(12-16)22(28)15-24-9-7-18(14-24)19-11-21(27)26-8-5-3-4-6-20(26)23-19/h11,16-18H,3-10,12-15H2,1-2H3/t16-,17-,18+/m1/s1. The number of amides is 1. The summed E-state index contributed by atoms with van der Waals surface area (Å²) in [6, 6.07) is 1.75. The van der Waals surface area contributed by atoms with Gasteiger partial charge >= 0.3 is 0 Å². The van der Waals surface area contributed by atoms with Crippen LogP contribution in [0, 0.1) is 11.8 Å². The predicted octanol–water partition coefficient (Wildman–Crippen LogP) is 2.26. The molecule has 2 fully saturated rings. The minimum absolute atomic E-state index is 0.104. The Balaban J connectivity index is 1.39. The zero-order chi connectivity index (χ0) is 19.7. The maximum atomic E-state index is 12.8. The van der Waals surface area contributed by atoms with E-state index in [9.17, 15) is 9.59 Å². The zero-order valence-corrected chi connectivity index (χ0v) is 17.4. The van der Waals surface area contributed by atoms with Crippen molar-refractivity contribution in [2.45, 2.75) is 64.8 Å². The van der Waals surface area contributed by atoms with Crippen LogP contribution in [0.4, 0.5) is 0 Å². The maximum absolute atomic E-state index is 12.8. The summed E-state index contributed by atoms with van der Waals surface area (Å²) in [5, 5.41) is 0. The van der Waals surface area contributed by atoms with E-state index in [0.717, 1.165) is 69.9 Å². The van der Waals surface area contributed by atoms with Crippen molar-refractivity contribution in [2.24, 2.45) is 11.8 Å². The molecule has 6 heteroatoms. The van der Waals surface area contributed by atoms with Crippen LogP contribution in [0.5, 0.6) is 0 Å². The lowest BCUT2D eigenvalue weighted by molar-refractivity contribution is -0.134. The van der Waals surface area contributed by atoms with Gasteiger partial charge in [-0.3, -0.25) is 19.1 Å². The molecule has 0 aromatic carbocycles. The van der Waals surface area contributed by atoms with Gasteiger partial charge in [0.1, 0.15) is 5.82 Å². The molecule has 1 amide bonds. The molecule has 3 aliphatic rings. The molecule has 0 radical (unpaired) electrons. The van der Waals surface area contributed by atoms with Gasteiger partial charge in [0.25, 0.3) is 5.56 Å². The molecule has 4 heterocycles. The van der Waals surface area contributed by atoms with Crippen molar-refractivity contribution in [3.8, 4) is 0 Å². The SMILES string of the molecule is C[C@@H]1C[C@@H](C)CN(C(=O)CN2CC[C@H](c3cc(=O)n4c(n3)CCCCC4)C2)C1. The Morgan fingerprint density at radius 2 is 1.89 bits per heavy atom. The van der Waals surface area contributed by atoms with Crippen LogP contribution in [0.2, 0.25) is 0 Å². The molecular formula is C22H34N4O2. The smallest absolute Gasteiger partial charge is 0.253 e. The van der Waals surface area contributed by atoms with E-state index in [2.05, 4.69) is 23.6 Å². The van der Waals surface area contributed by atoms with E-state index in [1.807, 2.05) is 4.57 Å². The molecule has 3 aliphatic heterocycles. The molecule has 3 atom stereocenters. The molecule has 0 bridgehead atoms. The number of aromatic nitrogens is 2. The second-order valence-corrected chi connectivity index (χ2v) is 9.36. The monoisotopic (exact) mass is 386 g/mol. The number of carbonyl (C=O) groups is 1. The highest BCUT2D eigenvalue weighted by atomic mass is 16.2. The summed E-state index contributed by atoms with van der Waals surface area (Å²) in [4.78, 5) is 34.5. The van der Waals surface area contributed by atoms with Gasteiger partial charge < -0.3 is 4.90 Å². The van der Waals surface area contributed by atoms with Crippen molar-refractivity contribution < 1.29 is 4.79 Å². The van der Waals surface area contributed by atoms with Crippen LogP contribution in [0.25, 0.3) is 0 Å². The minimum atomic E-state index is 0.104. The van der Waals surface area contributed by atoms with Crippen molar-refractivity contribution in [2.75, 3.05) is 32.7 Å². The van der Waals surface area contributed by atoms with E-state index in [4.69, 9.17) is 4.98 Å². The first-order chi connectivity index (χ1) is 13.5. The molecule has 154 valence electrons. The number of hydrogen-bond acceptors (Lipinski definition) is 4. The average Bonchev–Trinajstić information content (AvgIpc) is 2.97. The van der Waals surface area contributed by atoms with Crippen molar-refractivity contribution in [3.05, 3.63) is 27.9 Å². The van der Waals surface area contributed by atoms with Crippen LogP contribution < -0.4 is 5.56 Å². The molecule has 1 aromatic heterocycles. The van der Waals surface area contributed by atoms with Gasteiger partial charge in [0.05, 0.1) is 12.2 Å². The number of nitrogens with zero attached hydrogens (tertiary/aromatic N) is 4. The average molecular weight is 387 g/mol. The first-order valence-corrected chi connectivity index (χ1v) is 11.1. The quantitative estimate of drug-likeness (QED) is 0.800. The molecule has 6 nitrogen and oxygen atoms in total. The molecule has 0 saturated carbocycles. The molecule has 0 N–H and O–H groups in total. The normalized spacial score (nSPS) is 28.8. The zero-order valence-electron chi connectivity index (χ0n) is 17.4. The fourth-order valence-corrected chi connectivity index (χ4v) is 5.32. The van der Waals surface area contributed by atoms with Gasteiger partial charge in [-0.25, -0.2) is 4.98 Å². The molecule has 0 spiro atoms. The van der Waals surface area contributed by atoms with Crippen molar-refractivity contribution >= 4 is 5.91 Å².